The lowest BCUT2D eigenvalue weighted by Crippen LogP contribution is -2.74. The zero-order valence-corrected chi connectivity index (χ0v) is 51.2. The van der Waals surface area contributed by atoms with Crippen LogP contribution in [0.5, 0.6) is 0 Å². The van der Waals surface area contributed by atoms with Gasteiger partial charge in [0.2, 0.25) is 0 Å². The molecule has 0 radical (unpaired) electrons. The Morgan fingerprint density at radius 1 is 0.247 bits per heavy atom. The first-order valence-corrected chi connectivity index (χ1v) is 35.2. The first-order chi connectivity index (χ1) is 44.2. The number of fused-ring (bicyclic) bond motifs is 6. The van der Waals surface area contributed by atoms with Crippen molar-refractivity contribution in [3.8, 4) is 44.8 Å². The second kappa shape index (κ2) is 22.8. The average molecular weight is 1170 g/mol. The Balaban J connectivity index is 1.02. The van der Waals surface area contributed by atoms with Crippen LogP contribution in [-0.2, 0) is 6.04 Å². The van der Waals surface area contributed by atoms with Crippen LogP contribution in [0.2, 0.25) is 0 Å². The van der Waals surface area contributed by atoms with Crippen LogP contribution in [-0.4, -0.2) is 25.3 Å². The van der Waals surface area contributed by atoms with E-state index in [4.69, 9.17) is 0 Å². The molecule has 0 aliphatic carbocycles. The van der Waals surface area contributed by atoms with Crippen molar-refractivity contribution >= 4 is 96.1 Å². The van der Waals surface area contributed by atoms with E-state index >= 15 is 0 Å². The molecule has 0 saturated heterocycles. The van der Waals surface area contributed by atoms with Crippen molar-refractivity contribution in [2.75, 3.05) is 0 Å². The minimum absolute atomic E-state index is 0.884. The Bertz CT molecular complexity index is 4990. The maximum Gasteiger partial charge on any atom is 0.180 e. The largest absolute Gasteiger partial charge is 0.309 e. The van der Waals surface area contributed by atoms with Gasteiger partial charge in [-0.2, -0.15) is 0 Å². The van der Waals surface area contributed by atoms with Gasteiger partial charge in [0.25, 0.3) is 0 Å². The van der Waals surface area contributed by atoms with Crippen molar-refractivity contribution in [2.45, 2.75) is 6.04 Å². The molecule has 89 heavy (non-hydrogen) atoms. The Morgan fingerprint density at radius 2 is 0.652 bits per heavy atom. The van der Waals surface area contributed by atoms with Gasteiger partial charge < -0.3 is 9.13 Å². The lowest BCUT2D eigenvalue weighted by atomic mass is 9.93. The second-order valence-electron chi connectivity index (χ2n) is 23.4. The topological polar surface area (TPSA) is 9.86 Å². The number of rotatable bonds is 14. The summed E-state index contributed by atoms with van der Waals surface area (Å²) >= 11 is 0. The zero-order chi connectivity index (χ0) is 59.1. The van der Waals surface area contributed by atoms with Crippen LogP contribution in [0.3, 0.4) is 0 Å². The average Bonchev–Trinajstić information content (AvgIpc) is 1.57. The molecule has 2 aromatic heterocycles. The monoisotopic (exact) mass is 1170 g/mol. The van der Waals surface area contributed by atoms with Crippen molar-refractivity contribution in [1.29, 1.82) is 0 Å². The quantitative estimate of drug-likeness (QED) is 0.0759. The van der Waals surface area contributed by atoms with E-state index in [9.17, 15) is 0 Å². The minimum Gasteiger partial charge on any atom is -0.309 e. The number of nitrogens with zero attached hydrogens (tertiary/aromatic N) is 2. The molecule has 14 aromatic carbocycles. The molecule has 16 rings (SSSR count). The summed E-state index contributed by atoms with van der Waals surface area (Å²) in [5.74, 6) is 0. The zero-order valence-electron chi connectivity index (χ0n) is 49.2. The number of aromatic nitrogens is 2. The van der Waals surface area contributed by atoms with Crippen LogP contribution in [0.25, 0.3) is 88.4 Å². The lowest BCUT2D eigenvalue weighted by molar-refractivity contribution is 1.17. The Labute approximate surface area is 522 Å². The SMILES string of the molecule is c1ccc(-c2cccc(-c3cccc(-c4ccccc4)c3-n3c4ccc(-n5c6ccccc6c6c(C[Si](c7ccccc7)(c7ccccc7)c7ccccc7)cccc65)cc4c4c([Si](c5ccccc5)(c5ccccc5)c5ccccc5)cccc43)c2)cc1. The van der Waals surface area contributed by atoms with Crippen LogP contribution < -0.4 is 36.3 Å². The smallest absolute Gasteiger partial charge is 0.180 e. The molecule has 0 spiro atoms. The first-order valence-electron chi connectivity index (χ1n) is 31.0. The molecule has 0 aliphatic heterocycles. The highest BCUT2D eigenvalue weighted by Gasteiger charge is 2.44. The highest BCUT2D eigenvalue weighted by atomic mass is 28.3. The minimum atomic E-state index is -3.17. The van der Waals surface area contributed by atoms with Gasteiger partial charge in [-0.05, 0) is 113 Å². The fourth-order valence-corrected chi connectivity index (χ4v) is 24.7. The number of hydrogen-bond donors (Lipinski definition) is 0. The van der Waals surface area contributed by atoms with Gasteiger partial charge in [0, 0.05) is 38.4 Å². The Kier molecular flexibility index (Phi) is 13.7. The summed E-state index contributed by atoms with van der Waals surface area (Å²) in [6, 6.07) is 138. The predicted molar refractivity (Wildman–Crippen MR) is 383 cm³/mol. The van der Waals surface area contributed by atoms with Gasteiger partial charge in [-0.15, -0.1) is 0 Å². The van der Waals surface area contributed by atoms with E-state index in [0.29, 0.717) is 0 Å². The molecule has 16 aromatic rings. The van der Waals surface area contributed by atoms with E-state index in [1.807, 2.05) is 0 Å². The van der Waals surface area contributed by atoms with E-state index < -0.39 is 16.1 Å². The molecule has 2 nitrogen and oxygen atoms in total. The summed E-state index contributed by atoms with van der Waals surface area (Å²) in [6.45, 7) is 0. The van der Waals surface area contributed by atoms with Crippen LogP contribution in [0.1, 0.15) is 5.56 Å². The van der Waals surface area contributed by atoms with E-state index in [0.717, 1.165) is 50.7 Å². The molecular weight excluding hydrogens is 1110 g/mol. The molecule has 0 bridgehead atoms. The normalized spacial score (nSPS) is 11.9. The third kappa shape index (κ3) is 8.98. The molecule has 0 amide bonds. The summed E-state index contributed by atoms with van der Waals surface area (Å²) in [7, 11) is -5.90. The number of para-hydroxylation sites is 2. The van der Waals surface area contributed by atoms with Crippen molar-refractivity contribution in [2.24, 2.45) is 0 Å². The maximum atomic E-state index is 2.62. The van der Waals surface area contributed by atoms with Crippen LogP contribution >= 0.6 is 0 Å². The van der Waals surface area contributed by atoms with Gasteiger partial charge in [0.1, 0.15) is 0 Å². The first kappa shape index (κ1) is 53.6. The predicted octanol–water partition coefficient (Wildman–Crippen LogP) is 16.5. The highest BCUT2D eigenvalue weighted by Crippen LogP contribution is 2.44. The fraction of sp³-hybridized carbons (Fsp3) is 0.0118. The molecule has 0 N–H and O–H groups in total. The molecule has 0 aliphatic rings. The highest BCUT2D eigenvalue weighted by molar-refractivity contribution is 7.21. The fourth-order valence-electron chi connectivity index (χ4n) is 14.9. The maximum absolute atomic E-state index is 3.17. The van der Waals surface area contributed by atoms with Crippen molar-refractivity contribution in [3.63, 3.8) is 0 Å². The van der Waals surface area contributed by atoms with E-state index in [2.05, 4.69) is 373 Å². The van der Waals surface area contributed by atoms with Crippen molar-refractivity contribution in [3.05, 3.63) is 370 Å². The standard InChI is InChI=1S/C85H62N2Si2/c1-9-31-62(32-10-1)64-35-27-36-65(59-64)75-52-29-51-74(63-33-11-2-12-34-63)85(75)87-79-58-57-67(60-77(79)84-81(87)55-30-56-82(84)89(71-44-19-6-20-45-71,72-46-21-7-22-47-72)73-48-23-8-24-49-73)86-78-53-26-25-50-76(78)83-66(37-28-54-80(83)86)61-88(68-38-13-3-14-39-68,69-40-15-4-16-41-69)70-42-17-5-18-43-70/h1-60H,61H2. The summed E-state index contributed by atoms with van der Waals surface area (Å²) in [6.07, 6.45) is 0. The Hall–Kier alpha value is -10.9. The van der Waals surface area contributed by atoms with Gasteiger partial charge in [0.15, 0.2) is 16.1 Å². The molecule has 0 fully saturated rings. The number of hydrogen-bond acceptors (Lipinski definition) is 0. The Morgan fingerprint density at radius 3 is 1.21 bits per heavy atom. The third-order valence-electron chi connectivity index (χ3n) is 18.7. The summed E-state index contributed by atoms with van der Waals surface area (Å²) in [5.41, 5.74) is 15.3. The van der Waals surface area contributed by atoms with Crippen molar-refractivity contribution in [1.82, 2.24) is 9.13 Å². The van der Waals surface area contributed by atoms with Crippen LogP contribution in [0, 0.1) is 0 Å². The lowest BCUT2D eigenvalue weighted by Gasteiger charge is -2.35. The van der Waals surface area contributed by atoms with Crippen LogP contribution in [0.15, 0.2) is 364 Å². The summed E-state index contributed by atoms with van der Waals surface area (Å²) < 4.78 is 5.18. The second-order valence-corrected chi connectivity index (χ2v) is 31.1. The molecule has 0 atom stereocenters. The van der Waals surface area contributed by atoms with E-state index in [1.54, 1.807) is 0 Å². The molecule has 0 unspecified atom stereocenters. The van der Waals surface area contributed by atoms with Gasteiger partial charge in [-0.3, -0.25) is 0 Å². The van der Waals surface area contributed by atoms with Gasteiger partial charge in [-0.1, -0.05) is 322 Å². The number of benzene rings is 14. The molecule has 4 heteroatoms. The third-order valence-corrected chi connectivity index (χ3v) is 28.4. The molecule has 0 saturated carbocycles. The van der Waals surface area contributed by atoms with Gasteiger partial charge in [0.05, 0.1) is 27.8 Å². The molecule has 420 valence electrons. The van der Waals surface area contributed by atoms with E-state index in [-0.39, 0.29) is 0 Å². The molecule has 2 heterocycles. The van der Waals surface area contributed by atoms with Crippen LogP contribution in [0.4, 0.5) is 0 Å². The summed E-state index contributed by atoms with van der Waals surface area (Å²) in [5, 5.41) is 14.6. The van der Waals surface area contributed by atoms with E-state index in [1.165, 1.54) is 85.6 Å². The summed E-state index contributed by atoms with van der Waals surface area (Å²) in [4.78, 5) is 0. The van der Waals surface area contributed by atoms with Gasteiger partial charge in [-0.25, -0.2) is 0 Å². The van der Waals surface area contributed by atoms with Gasteiger partial charge >= 0.3 is 0 Å². The van der Waals surface area contributed by atoms with Crippen molar-refractivity contribution < 1.29 is 0 Å². The molecular formula is C85H62N2Si2.